The Morgan fingerprint density at radius 3 is 2.24 bits per heavy atom. The van der Waals surface area contributed by atoms with E-state index in [2.05, 4.69) is 18.4 Å². The topological polar surface area (TPSA) is 78.7 Å². The number of hydroxylamine groups is 1. The molecule has 0 aromatic heterocycles. The molecule has 1 unspecified atom stereocenters. The second-order valence-electron chi connectivity index (χ2n) is 7.66. The largest absolute Gasteiger partial charge is 0.623 e. The standard InChI is InChI=1S/C28H31NO5/c1-5-19-28(26(30)33-6-2,27(31)34-7-3)20-13-18-24-16-11-12-17-25(24)21-29(32)22(4)23-14-9-8-10-15-23/h5,8-12,14-17,21-22H,1,6-7,19-20H2,2-4H3/b29-21-. The van der Waals surface area contributed by atoms with E-state index in [-0.39, 0.29) is 32.1 Å². The molecule has 0 heterocycles. The van der Waals surface area contributed by atoms with Crippen LogP contribution in [0.5, 0.6) is 0 Å². The van der Waals surface area contributed by atoms with Gasteiger partial charge in [-0.05, 0) is 32.4 Å². The van der Waals surface area contributed by atoms with E-state index in [9.17, 15) is 14.8 Å². The van der Waals surface area contributed by atoms with Crippen molar-refractivity contribution in [2.24, 2.45) is 5.41 Å². The maximum absolute atomic E-state index is 12.8. The second kappa shape index (κ2) is 13.0. The fourth-order valence-corrected chi connectivity index (χ4v) is 3.39. The lowest BCUT2D eigenvalue weighted by Gasteiger charge is -2.26. The van der Waals surface area contributed by atoms with Crippen molar-refractivity contribution in [1.29, 1.82) is 0 Å². The molecule has 6 nitrogen and oxygen atoms in total. The van der Waals surface area contributed by atoms with Gasteiger partial charge in [-0.25, -0.2) is 4.74 Å². The van der Waals surface area contributed by atoms with E-state index in [4.69, 9.17) is 9.47 Å². The maximum atomic E-state index is 12.8. The Balaban J connectivity index is 2.38. The number of ether oxygens (including phenoxy) is 2. The Labute approximate surface area is 201 Å². The van der Waals surface area contributed by atoms with Crippen LogP contribution in [0.1, 0.15) is 56.3 Å². The molecule has 0 aliphatic heterocycles. The summed E-state index contributed by atoms with van der Waals surface area (Å²) in [6.45, 7) is 9.10. The highest BCUT2D eigenvalue weighted by molar-refractivity contribution is 6.00. The van der Waals surface area contributed by atoms with Gasteiger partial charge in [0.05, 0.1) is 18.8 Å². The number of allylic oxidation sites excluding steroid dienone is 1. The van der Waals surface area contributed by atoms with Crippen molar-refractivity contribution in [3.05, 3.63) is 89.1 Å². The third-order valence-corrected chi connectivity index (χ3v) is 5.33. The summed E-state index contributed by atoms with van der Waals surface area (Å²) in [5, 5.41) is 12.8. The highest BCUT2D eigenvalue weighted by atomic mass is 16.6. The smallest absolute Gasteiger partial charge is 0.324 e. The summed E-state index contributed by atoms with van der Waals surface area (Å²) in [6.07, 6.45) is 2.91. The van der Waals surface area contributed by atoms with E-state index in [1.807, 2.05) is 49.4 Å². The van der Waals surface area contributed by atoms with Crippen molar-refractivity contribution < 1.29 is 23.8 Å². The van der Waals surface area contributed by atoms with E-state index in [1.54, 1.807) is 26.0 Å². The molecule has 2 aromatic carbocycles. The maximum Gasteiger partial charge on any atom is 0.324 e. The van der Waals surface area contributed by atoms with Crippen LogP contribution in [0, 0.1) is 22.5 Å². The van der Waals surface area contributed by atoms with E-state index >= 15 is 0 Å². The first-order valence-electron chi connectivity index (χ1n) is 11.3. The fourth-order valence-electron chi connectivity index (χ4n) is 3.39. The van der Waals surface area contributed by atoms with Crippen molar-refractivity contribution >= 4 is 18.2 Å². The van der Waals surface area contributed by atoms with Gasteiger partial charge in [0.1, 0.15) is 0 Å². The predicted octanol–water partition coefficient (Wildman–Crippen LogP) is 4.81. The number of benzene rings is 2. The van der Waals surface area contributed by atoms with Crippen LogP contribution in [0.25, 0.3) is 0 Å². The number of hydrogen-bond acceptors (Lipinski definition) is 5. The Bertz CT molecular complexity index is 1060. The molecule has 0 saturated carbocycles. The Morgan fingerprint density at radius 1 is 1.06 bits per heavy atom. The zero-order valence-electron chi connectivity index (χ0n) is 20.0. The van der Waals surface area contributed by atoms with Gasteiger partial charge in [0.2, 0.25) is 0 Å². The molecule has 0 aliphatic carbocycles. The van der Waals surface area contributed by atoms with Gasteiger partial charge in [-0.15, -0.1) is 6.58 Å². The minimum Gasteiger partial charge on any atom is -0.623 e. The summed E-state index contributed by atoms with van der Waals surface area (Å²) >= 11 is 0. The van der Waals surface area contributed by atoms with Crippen LogP contribution in [-0.4, -0.2) is 36.1 Å². The molecule has 34 heavy (non-hydrogen) atoms. The number of nitrogens with zero attached hydrogens (tertiary/aromatic N) is 1. The summed E-state index contributed by atoms with van der Waals surface area (Å²) in [6, 6.07) is 16.3. The third kappa shape index (κ3) is 6.58. The molecule has 178 valence electrons. The molecule has 2 aromatic rings. The number of rotatable bonds is 10. The second-order valence-corrected chi connectivity index (χ2v) is 7.66. The normalized spacial score (nSPS) is 12.1. The van der Waals surface area contributed by atoms with E-state index in [0.29, 0.717) is 11.1 Å². The van der Waals surface area contributed by atoms with Crippen molar-refractivity contribution in [2.45, 2.75) is 39.7 Å². The lowest BCUT2D eigenvalue weighted by Crippen LogP contribution is -2.41. The average molecular weight is 462 g/mol. The van der Waals surface area contributed by atoms with Crippen LogP contribution in [-0.2, 0) is 19.1 Å². The Morgan fingerprint density at radius 2 is 1.65 bits per heavy atom. The van der Waals surface area contributed by atoms with Crippen LogP contribution in [0.15, 0.2) is 67.3 Å². The molecular weight excluding hydrogens is 430 g/mol. The highest BCUT2D eigenvalue weighted by Gasteiger charge is 2.47. The fraction of sp³-hybridized carbons (Fsp3) is 0.321. The first-order valence-corrected chi connectivity index (χ1v) is 11.3. The van der Waals surface area contributed by atoms with Crippen molar-refractivity contribution in [2.75, 3.05) is 13.2 Å². The minimum atomic E-state index is -1.59. The minimum absolute atomic E-state index is 0.0377. The highest BCUT2D eigenvalue weighted by Crippen LogP contribution is 2.31. The van der Waals surface area contributed by atoms with Gasteiger partial charge in [-0.1, -0.05) is 60.4 Å². The average Bonchev–Trinajstić information content (AvgIpc) is 2.84. The van der Waals surface area contributed by atoms with Crippen LogP contribution < -0.4 is 0 Å². The number of esters is 2. The van der Waals surface area contributed by atoms with Crippen molar-refractivity contribution in [3.63, 3.8) is 0 Å². The molecular formula is C28H31NO5. The van der Waals surface area contributed by atoms with Gasteiger partial charge < -0.3 is 14.7 Å². The Kier molecular flexibility index (Phi) is 10.1. The summed E-state index contributed by atoms with van der Waals surface area (Å²) in [7, 11) is 0. The summed E-state index contributed by atoms with van der Waals surface area (Å²) in [4.78, 5) is 25.5. The van der Waals surface area contributed by atoms with Crippen LogP contribution >= 0.6 is 0 Å². The first kappa shape index (κ1) is 26.4. The monoisotopic (exact) mass is 461 g/mol. The molecule has 0 bridgehead atoms. The lowest BCUT2D eigenvalue weighted by atomic mass is 9.81. The molecule has 0 saturated heterocycles. The van der Waals surface area contributed by atoms with Crippen LogP contribution in [0.2, 0.25) is 0 Å². The molecule has 0 aliphatic rings. The number of hydrogen-bond donors (Lipinski definition) is 0. The van der Waals surface area contributed by atoms with Gasteiger partial charge in [-0.3, -0.25) is 9.59 Å². The molecule has 0 spiro atoms. The molecule has 0 N–H and O–H groups in total. The summed E-state index contributed by atoms with van der Waals surface area (Å²) in [5.41, 5.74) is 0.542. The molecule has 1 atom stereocenters. The van der Waals surface area contributed by atoms with Crippen LogP contribution in [0.4, 0.5) is 0 Å². The predicted molar refractivity (Wildman–Crippen MR) is 132 cm³/mol. The lowest BCUT2D eigenvalue weighted by molar-refractivity contribution is -0.498. The van der Waals surface area contributed by atoms with E-state index in [0.717, 1.165) is 10.3 Å². The van der Waals surface area contributed by atoms with E-state index < -0.39 is 17.4 Å². The van der Waals surface area contributed by atoms with Crippen molar-refractivity contribution in [1.82, 2.24) is 0 Å². The van der Waals surface area contributed by atoms with Gasteiger partial charge in [0, 0.05) is 24.5 Å². The molecule has 2 rings (SSSR count). The van der Waals surface area contributed by atoms with E-state index in [1.165, 1.54) is 12.3 Å². The van der Waals surface area contributed by atoms with Gasteiger partial charge >= 0.3 is 11.9 Å². The molecule has 0 amide bonds. The zero-order valence-corrected chi connectivity index (χ0v) is 20.0. The summed E-state index contributed by atoms with van der Waals surface area (Å²) < 4.78 is 11.2. The quantitative estimate of drug-likeness (QED) is 0.0742. The first-order chi connectivity index (χ1) is 16.4. The SMILES string of the molecule is C=CCC(CC#Cc1ccccc1/C=[N+](\[O-])C(C)c1ccccc1)(C(=O)OCC)C(=O)OCC. The zero-order chi connectivity index (χ0) is 25.0. The Hall–Kier alpha value is -3.85. The van der Waals surface area contributed by atoms with Gasteiger partial charge in [0.25, 0.3) is 0 Å². The molecule has 0 fully saturated rings. The number of carbonyl (C=O) groups is 2. The number of carbonyl (C=O) groups excluding carboxylic acids is 2. The van der Waals surface area contributed by atoms with Gasteiger partial charge in [-0.2, -0.15) is 0 Å². The van der Waals surface area contributed by atoms with Crippen LogP contribution in [0.3, 0.4) is 0 Å². The summed E-state index contributed by atoms with van der Waals surface area (Å²) in [5.74, 6) is 4.57. The molecule has 0 radical (unpaired) electrons. The van der Waals surface area contributed by atoms with Crippen molar-refractivity contribution in [3.8, 4) is 11.8 Å². The third-order valence-electron chi connectivity index (χ3n) is 5.33. The van der Waals surface area contributed by atoms with Gasteiger partial charge in [0.15, 0.2) is 17.7 Å². The molecule has 6 heteroatoms.